The van der Waals surface area contributed by atoms with Gasteiger partial charge in [0.05, 0.1) is 23.4 Å². The molecule has 0 saturated carbocycles. The minimum atomic E-state index is -1.31. The van der Waals surface area contributed by atoms with Gasteiger partial charge in [0.2, 0.25) is 0 Å². The quantitative estimate of drug-likeness (QED) is 0.391. The van der Waals surface area contributed by atoms with Gasteiger partial charge in [-0.15, -0.1) is 0 Å². The molecule has 1 fully saturated rings. The first-order valence-electron chi connectivity index (χ1n) is 12.5. The third kappa shape index (κ3) is 6.31. The van der Waals surface area contributed by atoms with Crippen molar-refractivity contribution in [3.8, 4) is 0 Å². The minimum absolute atomic E-state index is 0.0510. The molecule has 2 aromatic carbocycles. The number of nitrogens with one attached hydrogen (secondary N) is 2. The number of carbonyl (C=O) groups excluding carboxylic acids is 3. The molecule has 4 rings (SSSR count). The Balaban J connectivity index is 1.38. The largest absolute Gasteiger partial charge is 0.466 e. The summed E-state index contributed by atoms with van der Waals surface area (Å²) in [5.74, 6) is -3.07. The molecule has 0 spiro atoms. The summed E-state index contributed by atoms with van der Waals surface area (Å²) in [6.45, 7) is 5.76. The molecule has 0 aromatic heterocycles. The van der Waals surface area contributed by atoms with E-state index >= 15 is 0 Å². The van der Waals surface area contributed by atoms with E-state index in [4.69, 9.17) is 16.3 Å². The molecule has 0 bridgehead atoms. The first kappa shape index (κ1) is 28.3. The zero-order chi connectivity index (χ0) is 28.1. The van der Waals surface area contributed by atoms with Gasteiger partial charge in [0, 0.05) is 38.4 Å². The van der Waals surface area contributed by atoms with Gasteiger partial charge in [-0.25, -0.2) is 28.1 Å². The highest BCUT2D eigenvalue weighted by Crippen LogP contribution is 2.35. The van der Waals surface area contributed by atoms with Crippen LogP contribution in [0.2, 0.25) is 5.02 Å². The summed E-state index contributed by atoms with van der Waals surface area (Å²) in [4.78, 5) is 43.9. The molecule has 2 heterocycles. The van der Waals surface area contributed by atoms with Crippen LogP contribution in [-0.4, -0.2) is 74.2 Å². The van der Waals surface area contributed by atoms with Gasteiger partial charge in [0.1, 0.15) is 6.04 Å². The lowest BCUT2D eigenvalue weighted by Gasteiger charge is -2.37. The van der Waals surface area contributed by atoms with Crippen molar-refractivity contribution in [1.29, 1.82) is 0 Å². The van der Waals surface area contributed by atoms with Crippen LogP contribution < -0.4 is 15.5 Å². The third-order valence-corrected chi connectivity index (χ3v) is 7.14. The zero-order valence-electron chi connectivity index (χ0n) is 21.7. The van der Waals surface area contributed by atoms with Crippen LogP contribution in [0.15, 0.2) is 53.7 Å². The standard InChI is InChI=1S/C27H30ClF2N5O4/c1-17-23(25(36)39-2)24(18-8-9-20(29)21(30)16-18)35(27(38)32-17)26(37)31-10-5-11-33-12-14-34(15-13-33)22-7-4-3-6-19(22)28/h3-4,6-9,16,24H,5,10-15H2,1-2H3,(H,31,37)(H,32,38). The van der Waals surface area contributed by atoms with E-state index in [1.807, 2.05) is 24.3 Å². The van der Waals surface area contributed by atoms with E-state index in [0.29, 0.717) is 6.42 Å². The van der Waals surface area contributed by atoms with Crippen LogP contribution in [-0.2, 0) is 9.53 Å². The first-order valence-corrected chi connectivity index (χ1v) is 12.9. The highest BCUT2D eigenvalue weighted by molar-refractivity contribution is 6.33. The van der Waals surface area contributed by atoms with E-state index in [0.717, 1.165) is 67.6 Å². The van der Waals surface area contributed by atoms with Crippen molar-refractivity contribution in [2.45, 2.75) is 19.4 Å². The summed E-state index contributed by atoms with van der Waals surface area (Å²) in [7, 11) is 1.15. The van der Waals surface area contributed by atoms with Crippen LogP contribution >= 0.6 is 11.6 Å². The normalized spacial score (nSPS) is 18.2. The number of urea groups is 2. The average Bonchev–Trinajstić information content (AvgIpc) is 2.92. The molecule has 0 radical (unpaired) electrons. The van der Waals surface area contributed by atoms with Crippen LogP contribution in [0, 0.1) is 11.6 Å². The number of nitrogens with zero attached hydrogens (tertiary/aromatic N) is 3. The monoisotopic (exact) mass is 561 g/mol. The molecule has 9 nitrogen and oxygen atoms in total. The van der Waals surface area contributed by atoms with Gasteiger partial charge >= 0.3 is 18.0 Å². The van der Waals surface area contributed by atoms with Crippen LogP contribution in [0.1, 0.15) is 24.9 Å². The van der Waals surface area contributed by atoms with Crippen molar-refractivity contribution in [2.75, 3.05) is 51.3 Å². The second-order valence-corrected chi connectivity index (χ2v) is 9.68. The number of esters is 1. The Bertz CT molecular complexity index is 1280. The van der Waals surface area contributed by atoms with Crippen LogP contribution in [0.5, 0.6) is 0 Å². The van der Waals surface area contributed by atoms with Gasteiger partial charge in [-0.3, -0.25) is 4.90 Å². The van der Waals surface area contributed by atoms with Gasteiger partial charge in [0.15, 0.2) is 11.6 Å². The van der Waals surface area contributed by atoms with Crippen molar-refractivity contribution in [2.24, 2.45) is 0 Å². The number of anilines is 1. The molecular formula is C27H30ClF2N5O4. The first-order chi connectivity index (χ1) is 18.7. The number of rotatable bonds is 7. The maximum atomic E-state index is 14.1. The van der Waals surface area contributed by atoms with Crippen molar-refractivity contribution >= 4 is 35.3 Å². The van der Waals surface area contributed by atoms with Crippen molar-refractivity contribution in [1.82, 2.24) is 20.4 Å². The molecule has 1 saturated heterocycles. The molecule has 12 heteroatoms. The number of para-hydroxylation sites is 1. The fourth-order valence-corrected chi connectivity index (χ4v) is 5.08. The summed E-state index contributed by atoms with van der Waals surface area (Å²) in [6, 6.07) is 7.80. The van der Waals surface area contributed by atoms with E-state index in [1.54, 1.807) is 0 Å². The topological polar surface area (TPSA) is 94.2 Å². The second kappa shape index (κ2) is 12.4. The van der Waals surface area contributed by atoms with E-state index < -0.39 is 35.7 Å². The Hall–Kier alpha value is -3.70. The van der Waals surface area contributed by atoms with E-state index in [2.05, 4.69) is 20.4 Å². The number of hydrogen-bond acceptors (Lipinski definition) is 6. The number of hydrogen-bond donors (Lipinski definition) is 2. The summed E-state index contributed by atoms with van der Waals surface area (Å²) in [5.41, 5.74) is 1.16. The number of benzene rings is 2. The van der Waals surface area contributed by atoms with Gasteiger partial charge in [0.25, 0.3) is 0 Å². The van der Waals surface area contributed by atoms with E-state index in [9.17, 15) is 23.2 Å². The molecule has 2 aromatic rings. The molecule has 1 unspecified atom stereocenters. The summed E-state index contributed by atoms with van der Waals surface area (Å²) in [6.07, 6.45) is 0.613. The number of ether oxygens (including phenoxy) is 1. The van der Waals surface area contributed by atoms with Gasteiger partial charge in [-0.1, -0.05) is 29.8 Å². The summed E-state index contributed by atoms with van der Waals surface area (Å²) in [5, 5.41) is 5.91. The smallest absolute Gasteiger partial charge is 0.337 e. The zero-order valence-corrected chi connectivity index (χ0v) is 22.4. The Morgan fingerprint density at radius 2 is 1.82 bits per heavy atom. The van der Waals surface area contributed by atoms with Crippen molar-refractivity contribution in [3.05, 3.63) is 76.0 Å². The Morgan fingerprint density at radius 3 is 2.49 bits per heavy atom. The fraction of sp³-hybridized carbons (Fsp3) is 0.370. The van der Waals surface area contributed by atoms with E-state index in [-0.39, 0.29) is 23.4 Å². The van der Waals surface area contributed by atoms with E-state index in [1.165, 1.54) is 13.0 Å². The highest BCUT2D eigenvalue weighted by atomic mass is 35.5. The maximum Gasteiger partial charge on any atom is 0.337 e. The summed E-state index contributed by atoms with van der Waals surface area (Å²) < 4.78 is 32.6. The maximum absolute atomic E-state index is 14.1. The molecule has 208 valence electrons. The highest BCUT2D eigenvalue weighted by Gasteiger charge is 2.42. The molecule has 2 N–H and O–H groups in total. The number of piperazine rings is 1. The molecule has 1 atom stereocenters. The summed E-state index contributed by atoms with van der Waals surface area (Å²) >= 11 is 6.32. The number of halogens is 3. The lowest BCUT2D eigenvalue weighted by molar-refractivity contribution is -0.136. The fourth-order valence-electron chi connectivity index (χ4n) is 4.83. The number of methoxy groups -OCH3 is 1. The molecular weight excluding hydrogens is 532 g/mol. The molecule has 4 amide bonds. The van der Waals surface area contributed by atoms with Crippen LogP contribution in [0.4, 0.5) is 24.1 Å². The second-order valence-electron chi connectivity index (χ2n) is 9.27. The SMILES string of the molecule is COC(=O)C1=C(C)NC(=O)N(C(=O)NCCCN2CCN(c3ccccc3Cl)CC2)C1c1ccc(F)c(F)c1. The number of imide groups is 1. The Labute approximate surface area is 230 Å². The molecule has 0 aliphatic carbocycles. The van der Waals surface area contributed by atoms with Crippen molar-refractivity contribution < 1.29 is 27.9 Å². The predicted molar refractivity (Wildman–Crippen MR) is 142 cm³/mol. The number of amides is 4. The molecule has 39 heavy (non-hydrogen) atoms. The predicted octanol–water partition coefficient (Wildman–Crippen LogP) is 4.05. The lowest BCUT2D eigenvalue weighted by Crippen LogP contribution is -2.54. The lowest BCUT2D eigenvalue weighted by atomic mass is 9.94. The third-order valence-electron chi connectivity index (χ3n) is 6.83. The van der Waals surface area contributed by atoms with Gasteiger partial charge in [-0.05, 0) is 49.7 Å². The molecule has 2 aliphatic rings. The number of allylic oxidation sites excluding steroid dienone is 1. The average molecular weight is 562 g/mol. The Kier molecular flexibility index (Phi) is 9.03. The van der Waals surface area contributed by atoms with Crippen LogP contribution in [0.25, 0.3) is 0 Å². The van der Waals surface area contributed by atoms with Gasteiger partial charge < -0.3 is 20.3 Å². The number of carbonyl (C=O) groups is 3. The molecule has 2 aliphatic heterocycles. The van der Waals surface area contributed by atoms with Crippen molar-refractivity contribution in [3.63, 3.8) is 0 Å². The minimum Gasteiger partial charge on any atom is -0.466 e. The Morgan fingerprint density at radius 1 is 1.10 bits per heavy atom. The van der Waals surface area contributed by atoms with Crippen LogP contribution in [0.3, 0.4) is 0 Å². The van der Waals surface area contributed by atoms with Gasteiger partial charge in [-0.2, -0.15) is 0 Å².